The molecule has 94 valence electrons. The number of furan rings is 1. The van der Waals surface area contributed by atoms with Crippen LogP contribution in [-0.4, -0.2) is 12.5 Å². The molecule has 1 aromatic carbocycles. The Morgan fingerprint density at radius 2 is 2.22 bits per heavy atom. The Hall–Kier alpha value is -1.77. The predicted octanol–water partition coefficient (Wildman–Crippen LogP) is 2.89. The molecule has 1 heterocycles. The third-order valence-electron chi connectivity index (χ3n) is 3.46. The first kappa shape index (κ1) is 11.3. The number of rotatable bonds is 5. The molecule has 3 nitrogen and oxygen atoms in total. The van der Waals surface area contributed by atoms with Gasteiger partial charge in [0.1, 0.15) is 5.58 Å². The van der Waals surface area contributed by atoms with Crippen LogP contribution in [0.4, 0.5) is 0 Å². The van der Waals surface area contributed by atoms with Gasteiger partial charge in [-0.3, -0.25) is 4.79 Å². The number of fused-ring (bicyclic) bond motifs is 1. The number of carbonyl (C=O) groups excluding carboxylic acids is 1. The number of hydrogen-bond acceptors (Lipinski definition) is 2. The van der Waals surface area contributed by atoms with Gasteiger partial charge < -0.3 is 9.73 Å². The normalized spacial score (nSPS) is 14.9. The summed E-state index contributed by atoms with van der Waals surface area (Å²) >= 11 is 0. The largest absolute Gasteiger partial charge is 0.464 e. The van der Waals surface area contributed by atoms with Crippen LogP contribution in [0.15, 0.2) is 34.9 Å². The van der Waals surface area contributed by atoms with E-state index in [1.54, 1.807) is 6.26 Å². The van der Waals surface area contributed by atoms with E-state index in [4.69, 9.17) is 4.42 Å². The van der Waals surface area contributed by atoms with Crippen molar-refractivity contribution in [2.24, 2.45) is 5.92 Å². The van der Waals surface area contributed by atoms with Crippen molar-refractivity contribution in [3.63, 3.8) is 0 Å². The van der Waals surface area contributed by atoms with Crippen LogP contribution in [0.2, 0.25) is 0 Å². The Morgan fingerprint density at radius 1 is 1.33 bits per heavy atom. The van der Waals surface area contributed by atoms with Gasteiger partial charge in [0, 0.05) is 17.8 Å². The lowest BCUT2D eigenvalue weighted by molar-refractivity contribution is -0.122. The minimum atomic E-state index is 0.233. The standard InChI is InChI=1S/C15H17NO2/c17-15(12-6-7-12)16-9-2-4-11-3-1-5-14-13(11)8-10-18-14/h1,3,5,8,10,12H,2,4,6-7,9H2,(H,16,17). The van der Waals surface area contributed by atoms with E-state index in [1.165, 1.54) is 10.9 Å². The van der Waals surface area contributed by atoms with E-state index in [2.05, 4.69) is 11.4 Å². The average molecular weight is 243 g/mol. The third kappa shape index (κ3) is 2.40. The zero-order valence-corrected chi connectivity index (χ0v) is 10.3. The topological polar surface area (TPSA) is 42.2 Å². The van der Waals surface area contributed by atoms with Crippen LogP contribution in [0.25, 0.3) is 11.0 Å². The summed E-state index contributed by atoms with van der Waals surface area (Å²) in [5.74, 6) is 0.541. The number of carbonyl (C=O) groups is 1. The predicted molar refractivity (Wildman–Crippen MR) is 70.3 cm³/mol. The molecule has 0 saturated heterocycles. The minimum absolute atomic E-state index is 0.233. The Morgan fingerprint density at radius 3 is 3.06 bits per heavy atom. The molecule has 18 heavy (non-hydrogen) atoms. The van der Waals surface area contributed by atoms with E-state index in [0.29, 0.717) is 5.92 Å². The van der Waals surface area contributed by atoms with Crippen LogP contribution < -0.4 is 5.32 Å². The van der Waals surface area contributed by atoms with Crippen molar-refractivity contribution >= 4 is 16.9 Å². The van der Waals surface area contributed by atoms with Crippen LogP contribution in [0.5, 0.6) is 0 Å². The SMILES string of the molecule is O=C(NCCCc1cccc2occc12)C1CC1. The first-order chi connectivity index (χ1) is 8.84. The fourth-order valence-corrected chi connectivity index (χ4v) is 2.26. The molecule has 3 heteroatoms. The second-order valence-electron chi connectivity index (χ2n) is 4.92. The highest BCUT2D eigenvalue weighted by atomic mass is 16.3. The number of aryl methyl sites for hydroxylation is 1. The highest BCUT2D eigenvalue weighted by Gasteiger charge is 2.28. The smallest absolute Gasteiger partial charge is 0.223 e. The monoisotopic (exact) mass is 243 g/mol. The molecular weight excluding hydrogens is 226 g/mol. The summed E-state index contributed by atoms with van der Waals surface area (Å²) < 4.78 is 5.37. The molecule has 1 aromatic heterocycles. The molecule has 1 aliphatic rings. The fourth-order valence-electron chi connectivity index (χ4n) is 2.26. The van der Waals surface area contributed by atoms with Gasteiger partial charge in [0.25, 0.3) is 0 Å². The molecule has 0 aliphatic heterocycles. The maximum atomic E-state index is 11.5. The third-order valence-corrected chi connectivity index (χ3v) is 3.46. The van der Waals surface area contributed by atoms with Crippen molar-refractivity contribution in [1.29, 1.82) is 0 Å². The Kier molecular flexibility index (Phi) is 3.05. The van der Waals surface area contributed by atoms with Crippen molar-refractivity contribution in [3.05, 3.63) is 36.1 Å². The lowest BCUT2D eigenvalue weighted by atomic mass is 10.1. The average Bonchev–Trinajstić information content (AvgIpc) is 3.12. The minimum Gasteiger partial charge on any atom is -0.464 e. The molecule has 3 rings (SSSR count). The number of amides is 1. The maximum absolute atomic E-state index is 11.5. The molecular formula is C15H17NO2. The van der Waals surface area contributed by atoms with Crippen LogP contribution in [-0.2, 0) is 11.2 Å². The summed E-state index contributed by atoms with van der Waals surface area (Å²) in [6, 6.07) is 8.13. The zero-order valence-electron chi connectivity index (χ0n) is 10.3. The summed E-state index contributed by atoms with van der Waals surface area (Å²) in [5.41, 5.74) is 2.23. The summed E-state index contributed by atoms with van der Waals surface area (Å²) in [6.45, 7) is 0.767. The first-order valence-corrected chi connectivity index (χ1v) is 6.57. The van der Waals surface area contributed by atoms with Crippen LogP contribution in [0.1, 0.15) is 24.8 Å². The number of nitrogens with one attached hydrogen (secondary N) is 1. The first-order valence-electron chi connectivity index (χ1n) is 6.57. The molecule has 1 saturated carbocycles. The zero-order chi connectivity index (χ0) is 12.4. The lowest BCUT2D eigenvalue weighted by Gasteiger charge is -2.05. The molecule has 0 bridgehead atoms. The van der Waals surface area contributed by atoms with Crippen molar-refractivity contribution in [3.8, 4) is 0 Å². The van der Waals surface area contributed by atoms with Crippen molar-refractivity contribution in [2.75, 3.05) is 6.54 Å². The van der Waals surface area contributed by atoms with Crippen LogP contribution >= 0.6 is 0 Å². The van der Waals surface area contributed by atoms with Gasteiger partial charge in [0.05, 0.1) is 6.26 Å². The van der Waals surface area contributed by atoms with Gasteiger partial charge in [-0.1, -0.05) is 12.1 Å². The second kappa shape index (κ2) is 4.84. The highest BCUT2D eigenvalue weighted by Crippen LogP contribution is 2.28. The number of benzene rings is 1. The molecule has 1 N–H and O–H groups in total. The molecule has 0 radical (unpaired) electrons. The van der Waals surface area contributed by atoms with Gasteiger partial charge in [0.15, 0.2) is 0 Å². The fraction of sp³-hybridized carbons (Fsp3) is 0.400. The molecule has 1 aliphatic carbocycles. The molecule has 0 unspecified atom stereocenters. The molecule has 0 atom stereocenters. The van der Waals surface area contributed by atoms with E-state index in [0.717, 1.165) is 37.8 Å². The van der Waals surface area contributed by atoms with Gasteiger partial charge in [-0.2, -0.15) is 0 Å². The van der Waals surface area contributed by atoms with Crippen LogP contribution in [0.3, 0.4) is 0 Å². The summed E-state index contributed by atoms with van der Waals surface area (Å²) in [5, 5.41) is 4.18. The van der Waals surface area contributed by atoms with Gasteiger partial charge in [-0.05, 0) is 43.4 Å². The Labute approximate surface area is 106 Å². The van der Waals surface area contributed by atoms with E-state index < -0.39 is 0 Å². The van der Waals surface area contributed by atoms with E-state index >= 15 is 0 Å². The second-order valence-corrected chi connectivity index (χ2v) is 4.92. The van der Waals surface area contributed by atoms with Crippen molar-refractivity contribution in [1.82, 2.24) is 5.32 Å². The van der Waals surface area contributed by atoms with Gasteiger partial charge in [-0.25, -0.2) is 0 Å². The molecule has 1 fully saturated rings. The van der Waals surface area contributed by atoms with E-state index in [-0.39, 0.29) is 5.91 Å². The maximum Gasteiger partial charge on any atom is 0.223 e. The van der Waals surface area contributed by atoms with Gasteiger partial charge in [-0.15, -0.1) is 0 Å². The lowest BCUT2D eigenvalue weighted by Crippen LogP contribution is -2.26. The van der Waals surface area contributed by atoms with E-state index in [9.17, 15) is 4.79 Å². The number of hydrogen-bond donors (Lipinski definition) is 1. The van der Waals surface area contributed by atoms with E-state index in [1.807, 2.05) is 18.2 Å². The quantitative estimate of drug-likeness (QED) is 0.820. The Bertz CT molecular complexity index is 554. The summed E-state index contributed by atoms with van der Waals surface area (Å²) in [7, 11) is 0. The summed E-state index contributed by atoms with van der Waals surface area (Å²) in [6.07, 6.45) is 5.81. The highest BCUT2D eigenvalue weighted by molar-refractivity contribution is 5.81. The summed E-state index contributed by atoms with van der Waals surface area (Å²) in [4.78, 5) is 11.5. The molecule has 0 spiro atoms. The van der Waals surface area contributed by atoms with Crippen molar-refractivity contribution < 1.29 is 9.21 Å². The van der Waals surface area contributed by atoms with Crippen LogP contribution in [0, 0.1) is 5.92 Å². The van der Waals surface area contributed by atoms with Crippen molar-refractivity contribution in [2.45, 2.75) is 25.7 Å². The molecule has 1 amide bonds. The molecule has 2 aromatic rings. The Balaban J connectivity index is 1.53. The van der Waals surface area contributed by atoms with Gasteiger partial charge in [0.2, 0.25) is 5.91 Å². The van der Waals surface area contributed by atoms with Gasteiger partial charge >= 0.3 is 0 Å².